The van der Waals surface area contributed by atoms with Gasteiger partial charge in [-0.15, -0.1) is 0 Å². The van der Waals surface area contributed by atoms with Gasteiger partial charge in [-0.3, -0.25) is 5.32 Å². The Morgan fingerprint density at radius 1 is 1.27 bits per heavy atom. The van der Waals surface area contributed by atoms with E-state index in [-0.39, 0.29) is 6.10 Å². The maximum atomic E-state index is 12.1. The molecule has 3 nitrogen and oxygen atoms in total. The lowest BCUT2D eigenvalue weighted by atomic mass is 9.75. The van der Waals surface area contributed by atoms with Crippen molar-refractivity contribution in [3.05, 3.63) is 28.2 Å². The minimum atomic E-state index is -0.428. The highest BCUT2D eigenvalue weighted by atomic mass is 35.5. The van der Waals surface area contributed by atoms with E-state index in [1.807, 2.05) is 0 Å². The summed E-state index contributed by atoms with van der Waals surface area (Å²) < 4.78 is 5.68. The molecule has 5 heteroatoms. The summed E-state index contributed by atoms with van der Waals surface area (Å²) in [5.41, 5.74) is 0.587. The fourth-order valence-electron chi connectivity index (χ4n) is 3.11. The minimum absolute atomic E-state index is 0.0217. The molecule has 0 spiro atoms. The van der Waals surface area contributed by atoms with Crippen molar-refractivity contribution >= 4 is 35.0 Å². The lowest BCUT2D eigenvalue weighted by molar-refractivity contribution is 0.0126. The molecule has 0 aliphatic heterocycles. The Bertz CT molecular complexity index is 533. The second-order valence-corrected chi connectivity index (χ2v) is 7.34. The highest BCUT2D eigenvalue weighted by Gasteiger charge is 2.33. The Balaban J connectivity index is 1.98. The number of nitrogens with one attached hydrogen (secondary N) is 1. The van der Waals surface area contributed by atoms with Gasteiger partial charge in [-0.25, -0.2) is 4.79 Å². The smallest absolute Gasteiger partial charge is 0.411 e. The van der Waals surface area contributed by atoms with Crippen LogP contribution >= 0.6 is 23.2 Å². The molecule has 122 valence electrons. The summed E-state index contributed by atoms with van der Waals surface area (Å²) in [6, 6.07) is 4.98. The molecule has 0 bridgehead atoms. The molecule has 22 heavy (non-hydrogen) atoms. The first kappa shape index (κ1) is 17.4. The van der Waals surface area contributed by atoms with Gasteiger partial charge in [-0.2, -0.15) is 0 Å². The molecule has 0 unspecified atom stereocenters. The van der Waals surface area contributed by atoms with Crippen molar-refractivity contribution in [1.29, 1.82) is 0 Å². The van der Waals surface area contributed by atoms with Crippen LogP contribution in [0, 0.1) is 17.8 Å². The van der Waals surface area contributed by atoms with Crippen molar-refractivity contribution in [3.63, 3.8) is 0 Å². The van der Waals surface area contributed by atoms with E-state index in [2.05, 4.69) is 26.1 Å². The van der Waals surface area contributed by atoms with E-state index in [0.717, 1.165) is 12.8 Å². The van der Waals surface area contributed by atoms with Gasteiger partial charge in [0.2, 0.25) is 0 Å². The molecule has 1 aromatic carbocycles. The summed E-state index contributed by atoms with van der Waals surface area (Å²) in [5, 5.41) is 3.60. The van der Waals surface area contributed by atoms with Crippen molar-refractivity contribution in [2.75, 3.05) is 5.32 Å². The standard InChI is InChI=1S/C17H23Cl2NO2/c1-10(2)13-6-4-11(3)8-16(13)22-17(21)20-12-5-7-14(18)15(19)9-12/h5,7,9-11,13,16H,4,6,8H2,1-3H3,(H,20,21)/t11-,13-,16+/m1/s1. The van der Waals surface area contributed by atoms with Crippen LogP contribution in [0.3, 0.4) is 0 Å². The molecular weight excluding hydrogens is 321 g/mol. The first-order valence-electron chi connectivity index (χ1n) is 7.79. The van der Waals surface area contributed by atoms with Crippen LogP contribution in [-0.4, -0.2) is 12.2 Å². The molecule has 1 amide bonds. The number of rotatable bonds is 3. The van der Waals surface area contributed by atoms with E-state index in [1.54, 1.807) is 18.2 Å². The Hall–Kier alpha value is -0.930. The number of hydrogen-bond acceptors (Lipinski definition) is 2. The molecule has 0 heterocycles. The van der Waals surface area contributed by atoms with Crippen LogP contribution < -0.4 is 5.32 Å². The summed E-state index contributed by atoms with van der Waals surface area (Å²) in [7, 11) is 0. The van der Waals surface area contributed by atoms with Gasteiger partial charge in [0.25, 0.3) is 0 Å². The van der Waals surface area contributed by atoms with E-state index < -0.39 is 6.09 Å². The number of benzene rings is 1. The van der Waals surface area contributed by atoms with Crippen LogP contribution in [0.25, 0.3) is 0 Å². The third kappa shape index (κ3) is 4.53. The molecule has 1 aliphatic rings. The Morgan fingerprint density at radius 2 is 2.00 bits per heavy atom. The van der Waals surface area contributed by atoms with Crippen LogP contribution in [0.5, 0.6) is 0 Å². The van der Waals surface area contributed by atoms with Gasteiger partial charge in [0.1, 0.15) is 6.10 Å². The SMILES string of the molecule is CC(C)[C@H]1CC[C@@H](C)C[C@@H]1OC(=O)Nc1ccc(Cl)c(Cl)c1. The number of halogens is 2. The first-order chi connectivity index (χ1) is 10.4. The van der Waals surface area contributed by atoms with Crippen LogP contribution in [-0.2, 0) is 4.74 Å². The zero-order chi connectivity index (χ0) is 16.3. The van der Waals surface area contributed by atoms with E-state index >= 15 is 0 Å². The predicted octanol–water partition coefficient (Wildman–Crippen LogP) is 6.00. The fourth-order valence-corrected chi connectivity index (χ4v) is 3.41. The largest absolute Gasteiger partial charge is 0.446 e. The van der Waals surface area contributed by atoms with E-state index in [9.17, 15) is 4.79 Å². The molecule has 1 aliphatic carbocycles. The van der Waals surface area contributed by atoms with Crippen molar-refractivity contribution in [1.82, 2.24) is 0 Å². The van der Waals surface area contributed by atoms with Gasteiger partial charge in [-0.05, 0) is 48.8 Å². The molecular formula is C17H23Cl2NO2. The van der Waals surface area contributed by atoms with E-state index in [0.29, 0.717) is 33.5 Å². The zero-order valence-electron chi connectivity index (χ0n) is 13.2. The lowest BCUT2D eigenvalue weighted by Gasteiger charge is -2.36. The minimum Gasteiger partial charge on any atom is -0.446 e. The second kappa shape index (κ2) is 7.56. The average molecular weight is 344 g/mol. The van der Waals surface area contributed by atoms with Crippen molar-refractivity contribution in [2.24, 2.45) is 17.8 Å². The molecule has 1 fully saturated rings. The van der Waals surface area contributed by atoms with Crippen molar-refractivity contribution in [2.45, 2.75) is 46.1 Å². The summed E-state index contributed by atoms with van der Waals surface area (Å²) in [5.74, 6) is 1.53. The van der Waals surface area contributed by atoms with Gasteiger partial charge in [0.15, 0.2) is 0 Å². The van der Waals surface area contributed by atoms with E-state index in [1.165, 1.54) is 6.42 Å². The van der Waals surface area contributed by atoms with Crippen LogP contribution in [0.2, 0.25) is 10.0 Å². The second-order valence-electron chi connectivity index (χ2n) is 6.52. The molecule has 1 saturated carbocycles. The zero-order valence-corrected chi connectivity index (χ0v) is 14.7. The summed E-state index contributed by atoms with van der Waals surface area (Å²) in [4.78, 5) is 12.1. The molecule has 3 atom stereocenters. The van der Waals surface area contributed by atoms with Gasteiger partial charge in [-0.1, -0.05) is 50.4 Å². The molecule has 1 aromatic rings. The highest BCUT2D eigenvalue weighted by Crippen LogP contribution is 2.35. The fraction of sp³-hybridized carbons (Fsp3) is 0.588. The van der Waals surface area contributed by atoms with Crippen molar-refractivity contribution in [3.8, 4) is 0 Å². The van der Waals surface area contributed by atoms with Gasteiger partial charge in [0.05, 0.1) is 10.0 Å². The van der Waals surface area contributed by atoms with Gasteiger partial charge in [0, 0.05) is 5.69 Å². The van der Waals surface area contributed by atoms with Crippen LogP contribution in [0.1, 0.15) is 40.0 Å². The Kier molecular flexibility index (Phi) is 5.99. The lowest BCUT2D eigenvalue weighted by Crippen LogP contribution is -2.36. The molecule has 2 rings (SSSR count). The molecule has 0 saturated heterocycles. The number of ether oxygens (including phenoxy) is 1. The summed E-state index contributed by atoms with van der Waals surface area (Å²) >= 11 is 11.8. The van der Waals surface area contributed by atoms with E-state index in [4.69, 9.17) is 27.9 Å². The topological polar surface area (TPSA) is 38.3 Å². The average Bonchev–Trinajstić information content (AvgIpc) is 2.42. The van der Waals surface area contributed by atoms with Crippen molar-refractivity contribution < 1.29 is 9.53 Å². The highest BCUT2D eigenvalue weighted by molar-refractivity contribution is 6.42. The molecule has 0 radical (unpaired) electrons. The number of amides is 1. The van der Waals surface area contributed by atoms with Gasteiger partial charge >= 0.3 is 6.09 Å². The molecule has 0 aromatic heterocycles. The number of hydrogen-bond donors (Lipinski definition) is 1. The number of carbonyl (C=O) groups excluding carboxylic acids is 1. The summed E-state index contributed by atoms with van der Waals surface area (Å²) in [6.07, 6.45) is 2.80. The quantitative estimate of drug-likeness (QED) is 0.730. The Labute approximate surface area is 142 Å². The first-order valence-corrected chi connectivity index (χ1v) is 8.55. The van der Waals surface area contributed by atoms with Crippen LogP contribution in [0.4, 0.5) is 10.5 Å². The maximum absolute atomic E-state index is 12.1. The third-order valence-corrected chi connectivity index (χ3v) is 5.12. The van der Waals surface area contributed by atoms with Gasteiger partial charge < -0.3 is 4.74 Å². The van der Waals surface area contributed by atoms with Crippen LogP contribution in [0.15, 0.2) is 18.2 Å². The normalized spacial score (nSPS) is 25.1. The third-order valence-electron chi connectivity index (χ3n) is 4.39. The molecule has 1 N–H and O–H groups in total. The maximum Gasteiger partial charge on any atom is 0.411 e. The predicted molar refractivity (Wildman–Crippen MR) is 91.7 cm³/mol. The number of anilines is 1. The number of carbonyl (C=O) groups is 1. The monoisotopic (exact) mass is 343 g/mol. The Morgan fingerprint density at radius 3 is 2.64 bits per heavy atom. The summed E-state index contributed by atoms with van der Waals surface area (Å²) in [6.45, 7) is 6.59.